The molecule has 5 nitrogen and oxygen atoms in total. The van der Waals surface area contributed by atoms with Crippen LogP contribution in [-0.2, 0) is 11.2 Å². The number of benzene rings is 1. The lowest BCUT2D eigenvalue weighted by Crippen LogP contribution is -2.25. The molecule has 138 valence electrons. The normalized spacial score (nSPS) is 17.6. The van der Waals surface area contributed by atoms with E-state index in [2.05, 4.69) is 31.8 Å². The number of unbranched alkanes of at least 4 members (excludes halogenated alkanes) is 1. The molecule has 0 fully saturated rings. The Morgan fingerprint density at radius 3 is 2.69 bits per heavy atom. The SMILES string of the molecule is CCCCOc1ccc(-c2ccc3c(c2)CC(C)(C)C3OC(N)=O)cn1. The van der Waals surface area contributed by atoms with Gasteiger partial charge in [-0.2, -0.15) is 0 Å². The van der Waals surface area contributed by atoms with Gasteiger partial charge in [0.2, 0.25) is 5.88 Å². The predicted molar refractivity (Wildman–Crippen MR) is 101 cm³/mol. The number of amides is 1. The minimum absolute atomic E-state index is 0.175. The number of nitrogens with two attached hydrogens (primary N) is 1. The molecule has 5 heteroatoms. The van der Waals surface area contributed by atoms with Gasteiger partial charge in [0.1, 0.15) is 6.10 Å². The fourth-order valence-electron chi connectivity index (χ4n) is 3.50. The molecular weight excluding hydrogens is 328 g/mol. The average Bonchev–Trinajstić information content (AvgIpc) is 2.84. The summed E-state index contributed by atoms with van der Waals surface area (Å²) in [5.74, 6) is 0.652. The van der Waals surface area contributed by atoms with Gasteiger partial charge in [0.25, 0.3) is 0 Å². The summed E-state index contributed by atoms with van der Waals surface area (Å²) in [7, 11) is 0. The maximum atomic E-state index is 11.2. The summed E-state index contributed by atoms with van der Waals surface area (Å²) in [4.78, 5) is 15.6. The van der Waals surface area contributed by atoms with Crippen molar-refractivity contribution < 1.29 is 14.3 Å². The molecule has 0 saturated heterocycles. The number of hydrogen-bond acceptors (Lipinski definition) is 4. The van der Waals surface area contributed by atoms with Crippen molar-refractivity contribution in [3.63, 3.8) is 0 Å². The van der Waals surface area contributed by atoms with Gasteiger partial charge in [-0.25, -0.2) is 9.78 Å². The Morgan fingerprint density at radius 1 is 1.27 bits per heavy atom. The Kier molecular flexibility index (Phi) is 5.16. The highest BCUT2D eigenvalue weighted by molar-refractivity contribution is 5.67. The molecule has 1 aromatic heterocycles. The number of carbonyl (C=O) groups is 1. The second-order valence-corrected chi connectivity index (χ2v) is 7.48. The van der Waals surface area contributed by atoms with Crippen molar-refractivity contribution >= 4 is 6.09 Å². The van der Waals surface area contributed by atoms with E-state index in [1.165, 1.54) is 5.56 Å². The summed E-state index contributed by atoms with van der Waals surface area (Å²) < 4.78 is 11.0. The molecule has 2 aromatic rings. The molecule has 1 unspecified atom stereocenters. The van der Waals surface area contributed by atoms with Crippen LogP contribution in [0.15, 0.2) is 36.5 Å². The smallest absolute Gasteiger partial charge is 0.405 e. The van der Waals surface area contributed by atoms with E-state index in [4.69, 9.17) is 15.2 Å². The predicted octanol–water partition coefficient (Wildman–Crippen LogP) is 4.65. The first-order valence-corrected chi connectivity index (χ1v) is 9.09. The minimum atomic E-state index is -0.733. The van der Waals surface area contributed by atoms with E-state index in [0.29, 0.717) is 12.5 Å². The van der Waals surface area contributed by atoms with Crippen molar-refractivity contribution in [3.05, 3.63) is 47.7 Å². The maximum Gasteiger partial charge on any atom is 0.405 e. The Labute approximate surface area is 154 Å². The van der Waals surface area contributed by atoms with Gasteiger partial charge in [-0.05, 0) is 35.6 Å². The van der Waals surface area contributed by atoms with Crippen LogP contribution >= 0.6 is 0 Å². The molecule has 1 aliphatic rings. The van der Waals surface area contributed by atoms with E-state index in [-0.39, 0.29) is 11.5 Å². The lowest BCUT2D eigenvalue weighted by molar-refractivity contribution is 0.0392. The number of nitrogens with zero attached hydrogens (tertiary/aromatic N) is 1. The van der Waals surface area contributed by atoms with Gasteiger partial charge in [-0.1, -0.05) is 45.4 Å². The maximum absolute atomic E-state index is 11.2. The lowest BCUT2D eigenvalue weighted by Gasteiger charge is -2.26. The third-order valence-corrected chi connectivity index (χ3v) is 4.83. The second-order valence-electron chi connectivity index (χ2n) is 7.48. The van der Waals surface area contributed by atoms with Gasteiger partial charge in [-0.3, -0.25) is 0 Å². The van der Waals surface area contributed by atoms with Gasteiger partial charge in [0, 0.05) is 23.2 Å². The molecule has 2 N–H and O–H groups in total. The molecule has 1 atom stereocenters. The fourth-order valence-corrected chi connectivity index (χ4v) is 3.50. The number of aromatic nitrogens is 1. The van der Waals surface area contributed by atoms with E-state index in [9.17, 15) is 4.79 Å². The van der Waals surface area contributed by atoms with Crippen LogP contribution in [0.5, 0.6) is 5.88 Å². The molecule has 0 aliphatic heterocycles. The Balaban J connectivity index is 1.80. The lowest BCUT2D eigenvalue weighted by atomic mass is 9.87. The van der Waals surface area contributed by atoms with Gasteiger partial charge in [0.15, 0.2) is 0 Å². The highest BCUT2D eigenvalue weighted by atomic mass is 16.6. The number of pyridine rings is 1. The third kappa shape index (κ3) is 3.82. The van der Waals surface area contributed by atoms with Crippen molar-refractivity contribution in [2.75, 3.05) is 6.61 Å². The summed E-state index contributed by atoms with van der Waals surface area (Å²) >= 11 is 0. The largest absolute Gasteiger partial charge is 0.478 e. The second kappa shape index (κ2) is 7.36. The highest BCUT2D eigenvalue weighted by Gasteiger charge is 2.41. The van der Waals surface area contributed by atoms with E-state index in [1.807, 2.05) is 30.5 Å². The first-order valence-electron chi connectivity index (χ1n) is 9.09. The first kappa shape index (κ1) is 18.2. The van der Waals surface area contributed by atoms with Crippen LogP contribution in [-0.4, -0.2) is 17.7 Å². The molecule has 1 amide bonds. The summed E-state index contributed by atoms with van der Waals surface area (Å²) in [5.41, 5.74) is 9.41. The molecule has 0 spiro atoms. The van der Waals surface area contributed by atoms with Gasteiger partial charge < -0.3 is 15.2 Å². The van der Waals surface area contributed by atoms with Crippen LogP contribution in [0.2, 0.25) is 0 Å². The third-order valence-electron chi connectivity index (χ3n) is 4.83. The Morgan fingerprint density at radius 2 is 2.04 bits per heavy atom. The molecule has 0 saturated carbocycles. The van der Waals surface area contributed by atoms with Crippen molar-refractivity contribution in [2.45, 2.75) is 46.1 Å². The van der Waals surface area contributed by atoms with E-state index < -0.39 is 6.09 Å². The molecule has 0 radical (unpaired) electrons. The topological polar surface area (TPSA) is 74.4 Å². The zero-order valence-corrected chi connectivity index (χ0v) is 15.6. The zero-order chi connectivity index (χ0) is 18.7. The van der Waals surface area contributed by atoms with Crippen LogP contribution in [0.25, 0.3) is 11.1 Å². The van der Waals surface area contributed by atoms with E-state index in [0.717, 1.165) is 36.0 Å². The Hall–Kier alpha value is -2.56. The molecule has 1 heterocycles. The van der Waals surface area contributed by atoms with Gasteiger partial charge in [-0.15, -0.1) is 0 Å². The van der Waals surface area contributed by atoms with Gasteiger partial charge in [0.05, 0.1) is 6.61 Å². The Bertz CT molecular complexity index is 784. The number of ether oxygens (including phenoxy) is 2. The van der Waals surface area contributed by atoms with Crippen molar-refractivity contribution in [1.29, 1.82) is 0 Å². The van der Waals surface area contributed by atoms with Crippen LogP contribution in [0.3, 0.4) is 0 Å². The monoisotopic (exact) mass is 354 g/mol. The van der Waals surface area contributed by atoms with Crippen molar-refractivity contribution in [2.24, 2.45) is 11.1 Å². The van der Waals surface area contributed by atoms with Crippen LogP contribution in [0.1, 0.15) is 50.8 Å². The van der Waals surface area contributed by atoms with Crippen LogP contribution < -0.4 is 10.5 Å². The van der Waals surface area contributed by atoms with Crippen LogP contribution in [0.4, 0.5) is 4.79 Å². The quantitative estimate of drug-likeness (QED) is 0.767. The van der Waals surface area contributed by atoms with Crippen molar-refractivity contribution in [1.82, 2.24) is 4.98 Å². The number of hydrogen-bond donors (Lipinski definition) is 1. The number of fused-ring (bicyclic) bond motifs is 1. The minimum Gasteiger partial charge on any atom is -0.478 e. The summed E-state index contributed by atoms with van der Waals surface area (Å²) in [6.07, 6.45) is 3.75. The molecule has 3 rings (SSSR count). The summed E-state index contributed by atoms with van der Waals surface area (Å²) in [6, 6.07) is 10.1. The molecule has 1 aliphatic carbocycles. The zero-order valence-electron chi connectivity index (χ0n) is 15.6. The summed E-state index contributed by atoms with van der Waals surface area (Å²) in [5, 5.41) is 0. The van der Waals surface area contributed by atoms with Gasteiger partial charge >= 0.3 is 6.09 Å². The molecule has 0 bridgehead atoms. The fraction of sp³-hybridized carbons (Fsp3) is 0.429. The van der Waals surface area contributed by atoms with E-state index in [1.54, 1.807) is 0 Å². The standard InChI is InChI=1S/C21H26N2O3/c1-4-5-10-25-18-9-7-15(13-23-18)14-6-8-17-16(11-14)12-21(2,3)19(17)26-20(22)24/h6-9,11,13,19H,4-5,10,12H2,1-3H3,(H2,22,24). The molecular formula is C21H26N2O3. The average molecular weight is 354 g/mol. The number of primary amides is 1. The highest BCUT2D eigenvalue weighted by Crippen LogP contribution is 2.48. The van der Waals surface area contributed by atoms with Crippen LogP contribution in [0, 0.1) is 5.41 Å². The van der Waals surface area contributed by atoms with Crippen molar-refractivity contribution in [3.8, 4) is 17.0 Å². The molecule has 26 heavy (non-hydrogen) atoms. The number of rotatable bonds is 6. The number of carbonyl (C=O) groups excluding carboxylic acids is 1. The summed E-state index contributed by atoms with van der Waals surface area (Å²) in [6.45, 7) is 7.00. The molecule has 1 aromatic carbocycles. The van der Waals surface area contributed by atoms with E-state index >= 15 is 0 Å². The first-order chi connectivity index (χ1) is 12.4.